The molecule has 1 aromatic heterocycles. The molecule has 2 saturated carbocycles. The van der Waals surface area contributed by atoms with E-state index in [9.17, 15) is 4.79 Å². The summed E-state index contributed by atoms with van der Waals surface area (Å²) in [4.78, 5) is 17.2. The first-order chi connectivity index (χ1) is 16.5. The lowest BCUT2D eigenvalue weighted by atomic mass is 9.60. The normalized spacial score (nSPS) is 34.9. The number of methoxy groups -OCH3 is 1. The number of nitrogens with one attached hydrogen (secondary N) is 1. The highest BCUT2D eigenvalue weighted by molar-refractivity contribution is 6.00. The molecule has 0 amide bonds. The number of rotatable bonds is 4. The maximum absolute atomic E-state index is 12.9. The van der Waals surface area contributed by atoms with Crippen molar-refractivity contribution in [2.75, 3.05) is 20.7 Å². The van der Waals surface area contributed by atoms with Crippen molar-refractivity contribution in [3.63, 3.8) is 0 Å². The van der Waals surface area contributed by atoms with E-state index >= 15 is 0 Å². The van der Waals surface area contributed by atoms with Gasteiger partial charge in [-0.2, -0.15) is 0 Å². The molecule has 5 heteroatoms. The molecule has 178 valence electrons. The van der Waals surface area contributed by atoms with Gasteiger partial charge in [0.25, 0.3) is 0 Å². The van der Waals surface area contributed by atoms with E-state index in [0.29, 0.717) is 24.2 Å². The second-order valence-electron chi connectivity index (χ2n) is 10.9. The number of allylic oxidation sites excluding steroid dienone is 3. The van der Waals surface area contributed by atoms with Crippen LogP contribution in [-0.2, 0) is 14.3 Å². The van der Waals surface area contributed by atoms with Crippen LogP contribution in [0.1, 0.15) is 50.5 Å². The van der Waals surface area contributed by atoms with Gasteiger partial charge >= 0.3 is 0 Å². The second kappa shape index (κ2) is 8.31. The molecule has 0 bridgehead atoms. The summed E-state index contributed by atoms with van der Waals surface area (Å²) < 4.78 is 13.0. The summed E-state index contributed by atoms with van der Waals surface area (Å²) in [6.45, 7) is 3.29. The lowest BCUT2D eigenvalue weighted by Gasteiger charge is -2.48. The lowest BCUT2D eigenvalue weighted by Crippen LogP contribution is -2.44. The molecule has 2 heterocycles. The first kappa shape index (κ1) is 22.0. The number of ether oxygens (including phenoxy) is 2. The van der Waals surface area contributed by atoms with Gasteiger partial charge in [0.2, 0.25) is 0 Å². The van der Waals surface area contributed by atoms with Crippen molar-refractivity contribution in [1.82, 2.24) is 10.3 Å². The van der Waals surface area contributed by atoms with Crippen molar-refractivity contribution in [1.29, 1.82) is 0 Å². The zero-order chi connectivity index (χ0) is 23.4. The third-order valence-electron chi connectivity index (χ3n) is 9.09. The summed E-state index contributed by atoms with van der Waals surface area (Å²) in [7, 11) is 3.81. The Balaban J connectivity index is 1.37. The molecule has 6 rings (SSSR count). The summed E-state index contributed by atoms with van der Waals surface area (Å²) in [5.41, 5.74) is 3.56. The Bertz CT molecular complexity index is 1200. The fraction of sp³-hybridized carbons (Fsp3) is 0.517. The standard InChI is InChI=1S/C29H34N2O3/c1-29-9-7-18-13-22-24(32)11-17(15-30-2)12-25(22)34-28(18)23(29)14-26(33-3)27(29)21-6-4-5-19-16-31-10-8-20(19)21/h4-6,8,10,13,16-17,23,26-28,30H,7,9,11-12,14-15H2,1-3H3/t17?,23-,26+,27-,28+,29-/m0/s1. The van der Waals surface area contributed by atoms with E-state index in [1.165, 1.54) is 21.9 Å². The molecule has 2 aromatic rings. The van der Waals surface area contributed by atoms with Gasteiger partial charge in [0.05, 0.1) is 11.7 Å². The number of hydrogen-bond acceptors (Lipinski definition) is 5. The number of carbonyl (C=O) groups excluding carboxylic acids is 1. The molecule has 1 unspecified atom stereocenters. The minimum Gasteiger partial charge on any atom is -0.489 e. The second-order valence-corrected chi connectivity index (χ2v) is 10.9. The third-order valence-corrected chi connectivity index (χ3v) is 9.09. The van der Waals surface area contributed by atoms with Gasteiger partial charge in [0, 0.05) is 49.6 Å². The van der Waals surface area contributed by atoms with Crippen molar-refractivity contribution in [3.8, 4) is 0 Å². The molecule has 1 aromatic carbocycles. The van der Waals surface area contributed by atoms with Crippen molar-refractivity contribution in [3.05, 3.63) is 65.2 Å². The van der Waals surface area contributed by atoms with Crippen LogP contribution >= 0.6 is 0 Å². The molecular weight excluding hydrogens is 424 g/mol. The minimum atomic E-state index is 0.0397. The van der Waals surface area contributed by atoms with Crippen LogP contribution < -0.4 is 5.32 Å². The van der Waals surface area contributed by atoms with E-state index in [-0.39, 0.29) is 23.4 Å². The van der Waals surface area contributed by atoms with Crippen LogP contribution in [0, 0.1) is 17.3 Å². The van der Waals surface area contributed by atoms with E-state index in [0.717, 1.165) is 43.6 Å². The Morgan fingerprint density at radius 2 is 2.15 bits per heavy atom. The van der Waals surface area contributed by atoms with Gasteiger partial charge in [-0.3, -0.25) is 9.78 Å². The number of pyridine rings is 1. The van der Waals surface area contributed by atoms with Gasteiger partial charge in [-0.1, -0.05) is 25.1 Å². The van der Waals surface area contributed by atoms with Gasteiger partial charge < -0.3 is 14.8 Å². The van der Waals surface area contributed by atoms with Gasteiger partial charge in [0.15, 0.2) is 5.78 Å². The van der Waals surface area contributed by atoms with Crippen LogP contribution in [0.5, 0.6) is 0 Å². The first-order valence-corrected chi connectivity index (χ1v) is 12.7. The zero-order valence-electron chi connectivity index (χ0n) is 20.3. The Hall–Kier alpha value is -2.50. The molecule has 1 aliphatic heterocycles. The number of carbonyl (C=O) groups is 1. The largest absolute Gasteiger partial charge is 0.489 e. The molecule has 1 N–H and O–H groups in total. The summed E-state index contributed by atoms with van der Waals surface area (Å²) in [5, 5.41) is 5.69. The van der Waals surface area contributed by atoms with Crippen molar-refractivity contribution in [2.24, 2.45) is 17.3 Å². The molecule has 34 heavy (non-hydrogen) atoms. The lowest BCUT2D eigenvalue weighted by molar-refractivity contribution is -0.117. The maximum Gasteiger partial charge on any atom is 0.166 e. The van der Waals surface area contributed by atoms with E-state index in [1.807, 2.05) is 26.6 Å². The average molecular weight is 459 g/mol. The quantitative estimate of drug-likeness (QED) is 0.704. The Kier molecular flexibility index (Phi) is 5.38. The number of benzene rings is 1. The van der Waals surface area contributed by atoms with Gasteiger partial charge in [-0.15, -0.1) is 0 Å². The Morgan fingerprint density at radius 3 is 2.97 bits per heavy atom. The average Bonchev–Trinajstić information content (AvgIpc) is 3.15. The number of nitrogens with zero attached hydrogens (tertiary/aromatic N) is 1. The Labute approximate surface area is 201 Å². The summed E-state index contributed by atoms with van der Waals surface area (Å²) in [5.74, 6) is 2.12. The highest BCUT2D eigenvalue weighted by Gasteiger charge is 2.59. The van der Waals surface area contributed by atoms with Crippen LogP contribution in [0.3, 0.4) is 0 Å². The van der Waals surface area contributed by atoms with E-state index in [1.54, 1.807) is 0 Å². The first-order valence-electron chi connectivity index (χ1n) is 12.7. The van der Waals surface area contributed by atoms with Gasteiger partial charge in [0.1, 0.15) is 11.9 Å². The third kappa shape index (κ3) is 3.28. The van der Waals surface area contributed by atoms with Crippen LogP contribution in [0.4, 0.5) is 0 Å². The topological polar surface area (TPSA) is 60.5 Å². The van der Waals surface area contributed by atoms with Crippen LogP contribution in [-0.4, -0.2) is 43.7 Å². The van der Waals surface area contributed by atoms with E-state index < -0.39 is 0 Å². The molecule has 3 aliphatic carbocycles. The molecular formula is C29H34N2O3. The monoisotopic (exact) mass is 458 g/mol. The minimum absolute atomic E-state index is 0.0397. The predicted octanol–water partition coefficient (Wildman–Crippen LogP) is 4.93. The summed E-state index contributed by atoms with van der Waals surface area (Å²) >= 11 is 0. The number of fused-ring (bicyclic) bond motifs is 4. The fourth-order valence-electron chi connectivity index (χ4n) is 7.47. The highest BCUT2D eigenvalue weighted by atomic mass is 16.5. The molecule has 0 saturated heterocycles. The van der Waals surface area contributed by atoms with Crippen LogP contribution in [0.2, 0.25) is 0 Å². The molecule has 2 fully saturated rings. The van der Waals surface area contributed by atoms with Crippen molar-refractivity contribution < 1.29 is 14.3 Å². The van der Waals surface area contributed by atoms with Gasteiger partial charge in [-0.25, -0.2) is 0 Å². The number of aromatic nitrogens is 1. The SMILES string of the molecule is CNCC1CC(=O)C2=C(C1)O[C@@H]1C(=C2)CC[C@@]2(C)[C@H]1C[C@@H](OC)[C@@H]2c1cccc2cnccc12. The highest BCUT2D eigenvalue weighted by Crippen LogP contribution is 2.63. The number of ketones is 1. The predicted molar refractivity (Wildman–Crippen MR) is 132 cm³/mol. The fourth-order valence-corrected chi connectivity index (χ4v) is 7.47. The summed E-state index contributed by atoms with van der Waals surface area (Å²) in [6.07, 6.45) is 10.7. The molecule has 6 atom stereocenters. The van der Waals surface area contributed by atoms with Crippen LogP contribution in [0.15, 0.2) is 59.6 Å². The van der Waals surface area contributed by atoms with E-state index in [4.69, 9.17) is 9.47 Å². The number of Topliss-reactive ketones (excluding diaryl/α,β-unsaturated/α-hetero) is 1. The Morgan fingerprint density at radius 1 is 1.26 bits per heavy atom. The van der Waals surface area contributed by atoms with Crippen LogP contribution in [0.25, 0.3) is 10.8 Å². The maximum atomic E-state index is 12.9. The smallest absolute Gasteiger partial charge is 0.166 e. The molecule has 0 spiro atoms. The molecule has 4 aliphatic rings. The summed E-state index contributed by atoms with van der Waals surface area (Å²) in [6, 6.07) is 8.72. The van der Waals surface area contributed by atoms with Gasteiger partial charge in [-0.05, 0) is 72.9 Å². The zero-order valence-corrected chi connectivity index (χ0v) is 20.3. The van der Waals surface area contributed by atoms with E-state index in [2.05, 4.69) is 47.6 Å². The van der Waals surface area contributed by atoms with Crippen molar-refractivity contribution >= 4 is 16.6 Å². The molecule has 0 radical (unpaired) electrons. The number of hydrogen-bond donors (Lipinski definition) is 1. The molecule has 5 nitrogen and oxygen atoms in total. The van der Waals surface area contributed by atoms with Crippen molar-refractivity contribution in [2.45, 2.75) is 57.2 Å².